The van der Waals surface area contributed by atoms with Crippen LogP contribution in [-0.4, -0.2) is 59.1 Å². The van der Waals surface area contributed by atoms with Crippen molar-refractivity contribution in [3.63, 3.8) is 0 Å². The van der Waals surface area contributed by atoms with Crippen molar-refractivity contribution < 1.29 is 9.53 Å². The van der Waals surface area contributed by atoms with Gasteiger partial charge in [-0.25, -0.2) is 0 Å². The van der Waals surface area contributed by atoms with Gasteiger partial charge in [-0.2, -0.15) is 0 Å². The molecule has 2 aliphatic rings. The Kier molecular flexibility index (Phi) is 4.58. The van der Waals surface area contributed by atoms with Crippen molar-refractivity contribution in [3.05, 3.63) is 51.5 Å². The van der Waals surface area contributed by atoms with E-state index in [1.54, 1.807) is 0 Å². The van der Waals surface area contributed by atoms with Gasteiger partial charge in [0.2, 0.25) is 0 Å². The molecular weight excluding hydrogens is 334 g/mol. The third kappa shape index (κ3) is 3.47. The molecule has 0 saturated carbocycles. The van der Waals surface area contributed by atoms with E-state index >= 15 is 0 Å². The Hall–Kier alpha value is -1.76. The summed E-state index contributed by atoms with van der Waals surface area (Å²) >= 11 is 1.53. The van der Waals surface area contributed by atoms with Crippen molar-refractivity contribution in [2.24, 2.45) is 0 Å². The highest BCUT2D eigenvalue weighted by molar-refractivity contribution is 7.12. The molecule has 2 atom stereocenters. The van der Waals surface area contributed by atoms with E-state index in [0.29, 0.717) is 13.2 Å². The summed E-state index contributed by atoms with van der Waals surface area (Å²) in [6.07, 6.45) is 0.101. The van der Waals surface area contributed by atoms with Gasteiger partial charge in [-0.1, -0.05) is 6.07 Å². The van der Waals surface area contributed by atoms with E-state index in [1.165, 1.54) is 11.3 Å². The van der Waals surface area contributed by atoms with Gasteiger partial charge < -0.3 is 9.64 Å². The molecule has 4 rings (SSSR count). The molecule has 0 aliphatic carbocycles. The molecule has 4 heterocycles. The summed E-state index contributed by atoms with van der Waals surface area (Å²) in [5.41, 5.74) is 3.27. The SMILES string of the molecule is Cc1csc(C(=O)N2C[C@@H]3OCCN(Cc4cccc(C)n4)[C@H]3C2)c1. The fourth-order valence-electron chi connectivity index (χ4n) is 3.72. The molecule has 0 radical (unpaired) electrons. The maximum absolute atomic E-state index is 12.8. The lowest BCUT2D eigenvalue weighted by Crippen LogP contribution is -2.50. The van der Waals surface area contributed by atoms with E-state index in [1.807, 2.05) is 36.3 Å². The van der Waals surface area contributed by atoms with Gasteiger partial charge in [0.1, 0.15) is 0 Å². The number of aromatic nitrogens is 1. The first-order valence-electron chi connectivity index (χ1n) is 8.73. The van der Waals surface area contributed by atoms with Crippen LogP contribution < -0.4 is 0 Å². The van der Waals surface area contributed by atoms with Crippen LogP contribution in [0.1, 0.15) is 26.6 Å². The second-order valence-corrected chi connectivity index (χ2v) is 7.83. The monoisotopic (exact) mass is 357 g/mol. The number of rotatable bonds is 3. The largest absolute Gasteiger partial charge is 0.373 e. The lowest BCUT2D eigenvalue weighted by Gasteiger charge is -2.36. The van der Waals surface area contributed by atoms with Gasteiger partial charge in [-0.15, -0.1) is 11.3 Å². The molecule has 1 amide bonds. The van der Waals surface area contributed by atoms with Gasteiger partial charge in [-0.05, 0) is 43.0 Å². The van der Waals surface area contributed by atoms with E-state index in [2.05, 4.69) is 22.0 Å². The van der Waals surface area contributed by atoms with Gasteiger partial charge in [0.25, 0.3) is 5.91 Å². The Morgan fingerprint density at radius 3 is 3.00 bits per heavy atom. The van der Waals surface area contributed by atoms with Crippen LogP contribution in [0.2, 0.25) is 0 Å². The molecule has 2 aromatic rings. The second kappa shape index (κ2) is 6.86. The van der Waals surface area contributed by atoms with Crippen LogP contribution in [0.5, 0.6) is 0 Å². The van der Waals surface area contributed by atoms with Gasteiger partial charge in [0, 0.05) is 31.9 Å². The molecule has 2 aliphatic heterocycles. The van der Waals surface area contributed by atoms with Gasteiger partial charge in [-0.3, -0.25) is 14.7 Å². The molecule has 6 heteroatoms. The van der Waals surface area contributed by atoms with Crippen molar-refractivity contribution >= 4 is 17.2 Å². The number of carbonyl (C=O) groups is 1. The van der Waals surface area contributed by atoms with Crippen LogP contribution >= 0.6 is 11.3 Å². The van der Waals surface area contributed by atoms with Gasteiger partial charge in [0.15, 0.2) is 0 Å². The maximum Gasteiger partial charge on any atom is 0.264 e. The number of morpholine rings is 1. The minimum absolute atomic E-state index is 0.101. The molecule has 0 aromatic carbocycles. The van der Waals surface area contributed by atoms with Crippen LogP contribution in [0.15, 0.2) is 29.6 Å². The van der Waals surface area contributed by atoms with Crippen LogP contribution in [0.3, 0.4) is 0 Å². The zero-order valence-electron chi connectivity index (χ0n) is 14.6. The Labute approximate surface area is 152 Å². The summed E-state index contributed by atoms with van der Waals surface area (Å²) in [4.78, 5) is 22.6. The topological polar surface area (TPSA) is 45.7 Å². The third-order valence-corrected chi connectivity index (χ3v) is 5.99. The lowest BCUT2D eigenvalue weighted by atomic mass is 10.1. The van der Waals surface area contributed by atoms with Gasteiger partial charge >= 0.3 is 0 Å². The Morgan fingerprint density at radius 2 is 2.24 bits per heavy atom. The summed E-state index contributed by atoms with van der Waals surface area (Å²) in [5, 5.41) is 2.03. The molecule has 0 unspecified atom stereocenters. The summed E-state index contributed by atoms with van der Waals surface area (Å²) in [7, 11) is 0. The number of likely N-dealkylation sites (tertiary alicyclic amines) is 1. The highest BCUT2D eigenvalue weighted by Crippen LogP contribution is 2.27. The molecule has 0 spiro atoms. The second-order valence-electron chi connectivity index (χ2n) is 6.92. The standard InChI is InChI=1S/C19H23N3O2S/c1-13-8-18(25-12-13)19(23)22-10-16-17(11-22)24-7-6-21(16)9-15-5-3-4-14(2)20-15/h3-5,8,12,16-17H,6-7,9-11H2,1-2H3/t16-,17-/m0/s1. The highest BCUT2D eigenvalue weighted by atomic mass is 32.1. The Balaban J connectivity index is 1.47. The average Bonchev–Trinajstić information content (AvgIpc) is 3.21. The predicted molar refractivity (Wildman–Crippen MR) is 97.9 cm³/mol. The fraction of sp³-hybridized carbons (Fsp3) is 0.474. The smallest absolute Gasteiger partial charge is 0.264 e. The first kappa shape index (κ1) is 16.7. The maximum atomic E-state index is 12.8. The molecule has 2 fully saturated rings. The van der Waals surface area contributed by atoms with E-state index in [9.17, 15) is 4.79 Å². The normalized spacial score (nSPS) is 23.7. The first-order chi connectivity index (χ1) is 12.1. The molecule has 2 aromatic heterocycles. The molecule has 0 bridgehead atoms. The number of hydrogen-bond acceptors (Lipinski definition) is 5. The van der Waals surface area contributed by atoms with E-state index < -0.39 is 0 Å². The number of thiophene rings is 1. The molecular formula is C19H23N3O2S. The third-order valence-electron chi connectivity index (χ3n) is 4.96. The Bertz CT molecular complexity index is 776. The number of amides is 1. The average molecular weight is 357 g/mol. The molecule has 2 saturated heterocycles. The zero-order valence-corrected chi connectivity index (χ0v) is 15.5. The quantitative estimate of drug-likeness (QED) is 0.847. The zero-order chi connectivity index (χ0) is 17.4. The number of pyridine rings is 1. The Morgan fingerprint density at radius 1 is 1.36 bits per heavy atom. The number of hydrogen-bond donors (Lipinski definition) is 0. The lowest BCUT2D eigenvalue weighted by molar-refractivity contribution is -0.0507. The summed E-state index contributed by atoms with van der Waals surface area (Å²) < 4.78 is 5.96. The van der Waals surface area contributed by atoms with E-state index in [4.69, 9.17) is 4.74 Å². The molecule has 5 nitrogen and oxygen atoms in total. The first-order valence-corrected chi connectivity index (χ1v) is 9.61. The van der Waals surface area contributed by atoms with Crippen LogP contribution in [0.4, 0.5) is 0 Å². The number of aryl methyl sites for hydroxylation is 2. The van der Waals surface area contributed by atoms with Crippen LogP contribution in [-0.2, 0) is 11.3 Å². The number of carbonyl (C=O) groups excluding carboxylic acids is 1. The van der Waals surface area contributed by atoms with Gasteiger partial charge in [0.05, 0.1) is 29.3 Å². The van der Waals surface area contributed by atoms with Crippen LogP contribution in [0.25, 0.3) is 0 Å². The van der Waals surface area contributed by atoms with Crippen molar-refractivity contribution in [3.8, 4) is 0 Å². The van der Waals surface area contributed by atoms with Crippen molar-refractivity contribution in [2.45, 2.75) is 32.5 Å². The number of nitrogens with zero attached hydrogens (tertiary/aromatic N) is 3. The summed E-state index contributed by atoms with van der Waals surface area (Å²) in [6.45, 7) is 7.86. The summed E-state index contributed by atoms with van der Waals surface area (Å²) in [5.74, 6) is 0.129. The molecule has 0 N–H and O–H groups in total. The van der Waals surface area contributed by atoms with Crippen molar-refractivity contribution in [1.82, 2.24) is 14.8 Å². The van der Waals surface area contributed by atoms with Crippen LogP contribution in [0, 0.1) is 13.8 Å². The highest BCUT2D eigenvalue weighted by Gasteiger charge is 2.42. The minimum atomic E-state index is 0.101. The fourth-order valence-corrected chi connectivity index (χ4v) is 4.58. The van der Waals surface area contributed by atoms with E-state index in [-0.39, 0.29) is 18.1 Å². The summed E-state index contributed by atoms with van der Waals surface area (Å²) in [6, 6.07) is 8.37. The van der Waals surface area contributed by atoms with Crippen molar-refractivity contribution in [1.29, 1.82) is 0 Å². The van der Waals surface area contributed by atoms with Crippen molar-refractivity contribution in [2.75, 3.05) is 26.2 Å². The molecule has 25 heavy (non-hydrogen) atoms. The number of fused-ring (bicyclic) bond motifs is 1. The molecule has 132 valence electrons. The predicted octanol–water partition coefficient (Wildman–Crippen LogP) is 2.49. The number of ether oxygens (including phenoxy) is 1. The minimum Gasteiger partial charge on any atom is -0.373 e. The van der Waals surface area contributed by atoms with E-state index in [0.717, 1.165) is 41.5 Å².